The number of ether oxygens (including phenoxy) is 4. The van der Waals surface area contributed by atoms with Crippen LogP contribution in [0.3, 0.4) is 0 Å². The van der Waals surface area contributed by atoms with Crippen LogP contribution in [0.25, 0.3) is 10.4 Å². The maximum Gasteiger partial charge on any atom is 0.264 e. The van der Waals surface area contributed by atoms with E-state index < -0.39 is 53.3 Å². The van der Waals surface area contributed by atoms with E-state index in [-0.39, 0.29) is 67.6 Å². The van der Waals surface area contributed by atoms with E-state index in [0.29, 0.717) is 58.3 Å². The summed E-state index contributed by atoms with van der Waals surface area (Å²) in [5.74, 6) is -2.97. The van der Waals surface area contributed by atoms with Crippen molar-refractivity contribution in [1.82, 2.24) is 30.7 Å². The average Bonchev–Trinajstić information content (AvgIpc) is 4.22. The van der Waals surface area contributed by atoms with E-state index in [9.17, 15) is 38.7 Å². The number of carbonyl (C=O) groups excluding carboxylic acids is 7. The number of anilines is 1. The van der Waals surface area contributed by atoms with Gasteiger partial charge in [-0.3, -0.25) is 43.8 Å². The number of unbranched alkanes of at least 4 members (excludes halogenated alkanes) is 8. The number of carbonyl (C=O) groups is 7. The molecule has 19 nitrogen and oxygen atoms in total. The van der Waals surface area contributed by atoms with E-state index in [2.05, 4.69) is 26.3 Å². The minimum atomic E-state index is -0.985. The van der Waals surface area contributed by atoms with Crippen LogP contribution in [0, 0.1) is 12.3 Å². The zero-order chi connectivity index (χ0) is 56.6. The average molecular weight is 1120 g/mol. The molecule has 0 spiro atoms. The monoisotopic (exact) mass is 1120 g/mol. The third kappa shape index (κ3) is 19.6. The molecule has 2 fully saturated rings. The highest BCUT2D eigenvalue weighted by molar-refractivity contribution is 7.13. The van der Waals surface area contributed by atoms with Crippen LogP contribution in [0.4, 0.5) is 5.69 Å². The molecule has 0 saturated carbocycles. The Morgan fingerprint density at radius 2 is 1.35 bits per heavy atom. The normalized spacial score (nSPS) is 17.8. The molecule has 20 heteroatoms. The maximum absolute atomic E-state index is 14.0. The summed E-state index contributed by atoms with van der Waals surface area (Å²) in [6.45, 7) is 14.1. The van der Waals surface area contributed by atoms with Crippen LogP contribution in [-0.2, 0) is 49.5 Å². The molecule has 1 aromatic heterocycles. The molecular formula is C59H85N7O12S. The van der Waals surface area contributed by atoms with Crippen molar-refractivity contribution in [2.24, 2.45) is 5.41 Å². The van der Waals surface area contributed by atoms with Gasteiger partial charge in [0.25, 0.3) is 11.8 Å². The summed E-state index contributed by atoms with van der Waals surface area (Å²) in [5.41, 5.74) is 5.27. The third-order valence-electron chi connectivity index (χ3n) is 14.4. The van der Waals surface area contributed by atoms with E-state index in [1.54, 1.807) is 29.5 Å². The predicted octanol–water partition coefficient (Wildman–Crippen LogP) is 7.27. The van der Waals surface area contributed by atoms with E-state index in [1.807, 2.05) is 57.5 Å². The Bertz CT molecular complexity index is 2460. The van der Waals surface area contributed by atoms with Gasteiger partial charge in [0, 0.05) is 97.4 Å². The van der Waals surface area contributed by atoms with Crippen molar-refractivity contribution >= 4 is 58.4 Å². The summed E-state index contributed by atoms with van der Waals surface area (Å²) >= 11 is 1.58. The molecule has 4 heterocycles. The zero-order valence-electron chi connectivity index (χ0n) is 46.9. The number of nitrogens with zero attached hydrogens (tertiary/aromatic N) is 3. The predicted molar refractivity (Wildman–Crippen MR) is 301 cm³/mol. The summed E-state index contributed by atoms with van der Waals surface area (Å²) < 4.78 is 23.2. The van der Waals surface area contributed by atoms with Crippen molar-refractivity contribution in [3.63, 3.8) is 0 Å². The van der Waals surface area contributed by atoms with Crippen LogP contribution in [0.15, 0.2) is 48.0 Å². The molecule has 0 radical (unpaired) electrons. The summed E-state index contributed by atoms with van der Waals surface area (Å²) in [7, 11) is 0. The Kier molecular flexibility index (Phi) is 25.8. The zero-order valence-corrected chi connectivity index (χ0v) is 47.7. The highest BCUT2D eigenvalue weighted by Gasteiger charge is 2.46. The van der Waals surface area contributed by atoms with Crippen LogP contribution in [-0.4, -0.2) is 151 Å². The molecule has 4 atom stereocenters. The number of β-amino-alcohol motifs (C(OH)–C–C–N with tert-alkyl or cyclic N) is 1. The van der Waals surface area contributed by atoms with Crippen molar-refractivity contribution in [3.8, 4) is 10.4 Å². The maximum atomic E-state index is 14.0. The van der Waals surface area contributed by atoms with Gasteiger partial charge in [-0.1, -0.05) is 70.4 Å². The van der Waals surface area contributed by atoms with Crippen LogP contribution in [0.5, 0.6) is 0 Å². The number of likely N-dealkylation sites (tertiary alicyclic amines) is 1. The summed E-state index contributed by atoms with van der Waals surface area (Å²) in [4.78, 5) is 98.6. The van der Waals surface area contributed by atoms with Crippen LogP contribution < -0.4 is 21.3 Å². The number of amides is 7. The Labute approximate surface area is 470 Å². The van der Waals surface area contributed by atoms with Crippen LogP contribution in [0.2, 0.25) is 0 Å². The first-order valence-electron chi connectivity index (χ1n) is 28.6. The van der Waals surface area contributed by atoms with E-state index in [0.717, 1.165) is 117 Å². The lowest BCUT2D eigenvalue weighted by molar-refractivity contribution is -0.144. The molecule has 6 rings (SSSR count). The molecular weight excluding hydrogens is 1030 g/mol. The van der Waals surface area contributed by atoms with Crippen molar-refractivity contribution in [2.75, 3.05) is 71.3 Å². The Morgan fingerprint density at radius 1 is 0.772 bits per heavy atom. The van der Waals surface area contributed by atoms with Gasteiger partial charge < -0.3 is 44.9 Å². The SMILES string of the molecule is Cc1ncsc1-c1ccc(CNC(=O)C2CC(O)CN2C(=O)C(NC(=O)CCCCCOCCCCOCCCCOCCCCOCCCCCCNc2cccc3c2C(=O)N(C2CCC(=O)NC2=O)C3=O)C(C)(C)C)cc1. The fourth-order valence-corrected chi connectivity index (χ4v) is 10.7. The Balaban J connectivity index is 0.684. The standard InChI is InChI=1S/C59H85N7O12S/c1-41-52(79-40-62-41)43-24-22-42(23-25-43)38-61-54(70)48-37-44(67)39-65(48)58(74)53(59(2,3)4)63-49(68)21-8-7-11-30-76-32-13-15-34-78-36-17-16-35-77-33-14-12-31-75-29-10-6-5-9-28-60-46-20-18-19-45-51(46)57(73)66(56(45)72)47-26-27-50(69)64-55(47)71/h18-20,22-25,40,44,47-48,53,60,67H,5-17,21,26-39H2,1-4H3,(H,61,70)(H,63,68)(H,64,69,71). The smallest absolute Gasteiger partial charge is 0.264 e. The Hall–Kier alpha value is -5.64. The molecule has 5 N–H and O–H groups in total. The lowest BCUT2D eigenvalue weighted by Crippen LogP contribution is -2.57. The van der Waals surface area contributed by atoms with Crippen molar-refractivity contribution < 1.29 is 57.6 Å². The first-order valence-corrected chi connectivity index (χ1v) is 29.5. The van der Waals surface area contributed by atoms with E-state index >= 15 is 0 Å². The van der Waals surface area contributed by atoms with Gasteiger partial charge in [0.05, 0.1) is 33.3 Å². The van der Waals surface area contributed by atoms with Crippen molar-refractivity contribution in [1.29, 1.82) is 0 Å². The molecule has 3 aliphatic rings. The van der Waals surface area contributed by atoms with Crippen molar-refractivity contribution in [2.45, 2.75) is 168 Å². The molecule has 434 valence electrons. The molecule has 0 aliphatic carbocycles. The fourth-order valence-electron chi connectivity index (χ4n) is 9.88. The molecule has 2 aromatic carbocycles. The van der Waals surface area contributed by atoms with Gasteiger partial charge in [0.15, 0.2) is 0 Å². The number of hydrogen-bond acceptors (Lipinski definition) is 15. The molecule has 3 aliphatic heterocycles. The quantitative estimate of drug-likeness (QED) is 0.0284. The number of hydrogen-bond donors (Lipinski definition) is 5. The van der Waals surface area contributed by atoms with Gasteiger partial charge >= 0.3 is 0 Å². The first-order chi connectivity index (χ1) is 38.1. The van der Waals surface area contributed by atoms with E-state index in [1.165, 1.54) is 4.90 Å². The highest BCUT2D eigenvalue weighted by atomic mass is 32.1. The minimum Gasteiger partial charge on any atom is -0.391 e. The number of aromatic nitrogens is 1. The third-order valence-corrected chi connectivity index (χ3v) is 15.4. The largest absolute Gasteiger partial charge is 0.391 e. The lowest BCUT2D eigenvalue weighted by Gasteiger charge is -2.35. The number of piperidine rings is 1. The second kappa shape index (κ2) is 32.6. The number of aliphatic hydroxyl groups excluding tert-OH is 1. The molecule has 4 unspecified atom stereocenters. The van der Waals surface area contributed by atoms with Gasteiger partial charge in [-0.05, 0) is 106 Å². The number of aryl methyl sites for hydroxylation is 1. The molecule has 2 saturated heterocycles. The number of benzene rings is 2. The van der Waals surface area contributed by atoms with Gasteiger partial charge in [0.2, 0.25) is 29.5 Å². The van der Waals surface area contributed by atoms with Crippen LogP contribution in [0.1, 0.15) is 162 Å². The molecule has 79 heavy (non-hydrogen) atoms. The number of aliphatic hydroxyl groups is 1. The Morgan fingerprint density at radius 3 is 1.92 bits per heavy atom. The first kappa shape index (κ1) is 62.6. The highest BCUT2D eigenvalue weighted by Crippen LogP contribution is 2.33. The number of thiazole rings is 1. The number of fused-ring (bicyclic) bond motifs is 1. The molecule has 7 amide bonds. The van der Waals surface area contributed by atoms with Gasteiger partial charge in [-0.15, -0.1) is 11.3 Å². The van der Waals surface area contributed by atoms with Gasteiger partial charge in [-0.2, -0.15) is 0 Å². The number of rotatable bonds is 36. The van der Waals surface area contributed by atoms with Gasteiger partial charge in [-0.25, -0.2) is 4.98 Å². The molecule has 3 aromatic rings. The summed E-state index contributed by atoms with van der Waals surface area (Å²) in [6, 6.07) is 10.3. The lowest BCUT2D eigenvalue weighted by atomic mass is 9.85. The van der Waals surface area contributed by atoms with Crippen molar-refractivity contribution in [3.05, 3.63) is 70.4 Å². The number of imide groups is 2. The van der Waals surface area contributed by atoms with E-state index in [4.69, 9.17) is 18.9 Å². The summed E-state index contributed by atoms with van der Waals surface area (Å²) in [6.07, 6.45) is 11.6. The number of nitrogens with one attached hydrogen (secondary N) is 4. The minimum absolute atomic E-state index is 0.0267. The summed E-state index contributed by atoms with van der Waals surface area (Å²) in [5, 5.41) is 22.0. The van der Waals surface area contributed by atoms with Crippen LogP contribution >= 0.6 is 11.3 Å². The second-order valence-corrected chi connectivity index (χ2v) is 22.7. The topological polar surface area (TPSA) is 244 Å². The second-order valence-electron chi connectivity index (χ2n) is 21.8. The molecule has 0 bridgehead atoms. The van der Waals surface area contributed by atoms with Gasteiger partial charge in [0.1, 0.15) is 18.1 Å². The fraction of sp³-hybridized carbons (Fsp3) is 0.627.